The molecular formula is C12H15ClFNO4S. The minimum Gasteiger partial charge on any atom is -0.480 e. The molecule has 8 heteroatoms. The maximum Gasteiger partial charge on any atom is 0.322 e. The van der Waals surface area contributed by atoms with E-state index in [-0.39, 0.29) is 5.02 Å². The molecule has 0 aliphatic carbocycles. The van der Waals surface area contributed by atoms with Gasteiger partial charge < -0.3 is 5.11 Å². The van der Waals surface area contributed by atoms with Crippen LogP contribution in [0, 0.1) is 11.7 Å². The zero-order valence-electron chi connectivity index (χ0n) is 10.9. The highest BCUT2D eigenvalue weighted by Gasteiger charge is 2.29. The number of halogens is 2. The van der Waals surface area contributed by atoms with Gasteiger partial charge in [-0.05, 0) is 24.1 Å². The molecule has 0 aromatic heterocycles. The highest BCUT2D eigenvalue weighted by Crippen LogP contribution is 2.19. The Kier molecular flexibility index (Phi) is 5.50. The number of rotatable bonds is 6. The molecule has 1 aromatic carbocycles. The largest absolute Gasteiger partial charge is 0.480 e. The van der Waals surface area contributed by atoms with Crippen LogP contribution in [0.15, 0.2) is 23.1 Å². The summed E-state index contributed by atoms with van der Waals surface area (Å²) in [6.45, 7) is 3.35. The Morgan fingerprint density at radius 3 is 2.50 bits per heavy atom. The summed E-state index contributed by atoms with van der Waals surface area (Å²) in [6.07, 6.45) is 0.476. The van der Waals surface area contributed by atoms with Crippen molar-refractivity contribution in [1.82, 2.24) is 4.72 Å². The molecule has 0 aliphatic rings. The molecule has 0 radical (unpaired) electrons. The van der Waals surface area contributed by atoms with Crippen molar-refractivity contribution in [2.45, 2.75) is 31.2 Å². The third-order valence-corrected chi connectivity index (χ3v) is 4.55. The first-order valence-electron chi connectivity index (χ1n) is 5.88. The maximum absolute atomic E-state index is 13.2. The minimum atomic E-state index is -4.16. The van der Waals surface area contributed by atoms with Gasteiger partial charge >= 0.3 is 5.97 Å². The summed E-state index contributed by atoms with van der Waals surface area (Å²) in [7, 11) is -4.16. The van der Waals surface area contributed by atoms with Crippen molar-refractivity contribution in [3.8, 4) is 0 Å². The lowest BCUT2D eigenvalue weighted by atomic mass is 10.0. The Balaban J connectivity index is 3.13. The second-order valence-corrected chi connectivity index (χ2v) is 6.58. The van der Waals surface area contributed by atoms with E-state index in [0.29, 0.717) is 6.42 Å². The fraction of sp³-hybridized carbons (Fsp3) is 0.417. The number of benzene rings is 1. The Hall–Kier alpha value is -1.18. The van der Waals surface area contributed by atoms with Gasteiger partial charge in [0.05, 0.1) is 4.90 Å². The fourth-order valence-electron chi connectivity index (χ4n) is 1.56. The first-order chi connectivity index (χ1) is 9.17. The van der Waals surface area contributed by atoms with Crippen LogP contribution in [-0.2, 0) is 14.8 Å². The Bertz CT molecular complexity index is 585. The number of carboxylic acid groups (broad SMARTS) is 1. The summed E-state index contributed by atoms with van der Waals surface area (Å²) in [4.78, 5) is 10.7. The minimum absolute atomic E-state index is 0.0826. The second-order valence-electron chi connectivity index (χ2n) is 4.43. The van der Waals surface area contributed by atoms with E-state index in [0.717, 1.165) is 18.2 Å². The van der Waals surface area contributed by atoms with E-state index >= 15 is 0 Å². The lowest BCUT2D eigenvalue weighted by molar-refractivity contribution is -0.140. The summed E-state index contributed by atoms with van der Waals surface area (Å²) < 4.78 is 39.4. The van der Waals surface area contributed by atoms with Crippen molar-refractivity contribution in [3.05, 3.63) is 29.0 Å². The normalized spacial score (nSPS) is 14.8. The molecule has 0 saturated heterocycles. The Labute approximate surface area is 121 Å². The molecule has 0 spiro atoms. The van der Waals surface area contributed by atoms with Gasteiger partial charge in [0.15, 0.2) is 0 Å². The SMILES string of the molecule is CC[C@H](C)[C@H](NS(=O)(=O)c1cc(F)cc(Cl)c1)C(=O)O. The van der Waals surface area contributed by atoms with Crippen LogP contribution in [0.5, 0.6) is 0 Å². The standard InChI is InChI=1S/C12H15ClFNO4S/c1-3-7(2)11(12(16)17)15-20(18,19)10-5-8(13)4-9(14)6-10/h4-7,11,15H,3H2,1-2H3,(H,16,17)/t7-,11-/m0/s1. The van der Waals surface area contributed by atoms with Crippen LogP contribution in [0.25, 0.3) is 0 Å². The van der Waals surface area contributed by atoms with E-state index in [4.69, 9.17) is 16.7 Å². The molecule has 20 heavy (non-hydrogen) atoms. The lowest BCUT2D eigenvalue weighted by Gasteiger charge is -2.20. The maximum atomic E-state index is 13.2. The van der Waals surface area contributed by atoms with Crippen LogP contribution >= 0.6 is 11.6 Å². The predicted molar refractivity (Wildman–Crippen MR) is 72.6 cm³/mol. The first kappa shape index (κ1) is 16.9. The van der Waals surface area contributed by atoms with Crippen LogP contribution < -0.4 is 4.72 Å². The van der Waals surface area contributed by atoms with Crippen LogP contribution in [-0.4, -0.2) is 25.5 Å². The van der Waals surface area contributed by atoms with E-state index in [1.807, 2.05) is 0 Å². The molecule has 2 atom stereocenters. The van der Waals surface area contributed by atoms with Gasteiger partial charge in [0, 0.05) is 5.02 Å². The van der Waals surface area contributed by atoms with Crippen LogP contribution in [0.1, 0.15) is 20.3 Å². The van der Waals surface area contributed by atoms with Crippen molar-refractivity contribution in [2.75, 3.05) is 0 Å². The molecule has 0 unspecified atom stereocenters. The number of carbonyl (C=O) groups is 1. The number of hydrogen-bond acceptors (Lipinski definition) is 3. The van der Waals surface area contributed by atoms with Crippen molar-refractivity contribution >= 4 is 27.6 Å². The topological polar surface area (TPSA) is 83.5 Å². The first-order valence-corrected chi connectivity index (χ1v) is 7.74. The molecule has 0 amide bonds. The Morgan fingerprint density at radius 2 is 2.05 bits per heavy atom. The van der Waals surface area contributed by atoms with Gasteiger partial charge in [0.1, 0.15) is 11.9 Å². The third kappa shape index (κ3) is 4.16. The average Bonchev–Trinajstić information content (AvgIpc) is 2.33. The monoisotopic (exact) mass is 323 g/mol. The number of sulfonamides is 1. The van der Waals surface area contributed by atoms with Gasteiger partial charge in [0.25, 0.3) is 0 Å². The molecular weight excluding hydrogens is 309 g/mol. The average molecular weight is 324 g/mol. The molecule has 0 saturated carbocycles. The van der Waals surface area contributed by atoms with Crippen LogP contribution in [0.3, 0.4) is 0 Å². The molecule has 1 rings (SSSR count). The van der Waals surface area contributed by atoms with Gasteiger partial charge in [-0.1, -0.05) is 31.9 Å². The smallest absolute Gasteiger partial charge is 0.322 e. The quantitative estimate of drug-likeness (QED) is 0.841. The highest BCUT2D eigenvalue weighted by molar-refractivity contribution is 7.89. The van der Waals surface area contributed by atoms with Gasteiger partial charge in [-0.2, -0.15) is 4.72 Å². The zero-order valence-corrected chi connectivity index (χ0v) is 12.5. The van der Waals surface area contributed by atoms with Gasteiger partial charge in [-0.3, -0.25) is 4.79 Å². The summed E-state index contributed by atoms with van der Waals surface area (Å²) >= 11 is 5.60. The van der Waals surface area contributed by atoms with Crippen LogP contribution in [0.4, 0.5) is 4.39 Å². The van der Waals surface area contributed by atoms with Crippen molar-refractivity contribution < 1.29 is 22.7 Å². The molecule has 2 N–H and O–H groups in total. The third-order valence-electron chi connectivity index (χ3n) is 2.91. The van der Waals surface area contributed by atoms with E-state index in [1.54, 1.807) is 13.8 Å². The molecule has 5 nitrogen and oxygen atoms in total. The predicted octanol–water partition coefficient (Wildman–Crippen LogP) is 2.26. The summed E-state index contributed by atoms with van der Waals surface area (Å²) in [5.41, 5.74) is 0. The number of carboxylic acids is 1. The van der Waals surface area contributed by atoms with Gasteiger partial charge in [-0.15, -0.1) is 0 Å². The highest BCUT2D eigenvalue weighted by atomic mass is 35.5. The molecule has 0 heterocycles. The molecule has 112 valence electrons. The van der Waals surface area contributed by atoms with Crippen molar-refractivity contribution in [2.24, 2.45) is 5.92 Å². The molecule has 1 aromatic rings. The summed E-state index contributed by atoms with van der Waals surface area (Å²) in [6, 6.07) is 1.52. The molecule has 0 fully saturated rings. The van der Waals surface area contributed by atoms with E-state index < -0.39 is 38.7 Å². The summed E-state index contributed by atoms with van der Waals surface area (Å²) in [5.74, 6) is -2.51. The van der Waals surface area contributed by atoms with Crippen molar-refractivity contribution in [3.63, 3.8) is 0 Å². The summed E-state index contributed by atoms with van der Waals surface area (Å²) in [5, 5.41) is 8.98. The molecule has 0 bridgehead atoms. The van der Waals surface area contributed by atoms with Gasteiger partial charge in [0.2, 0.25) is 10.0 Å². The second kappa shape index (κ2) is 6.51. The van der Waals surface area contributed by atoms with E-state index in [1.165, 1.54) is 0 Å². The fourth-order valence-corrected chi connectivity index (χ4v) is 3.20. The van der Waals surface area contributed by atoms with Gasteiger partial charge in [-0.25, -0.2) is 12.8 Å². The number of aliphatic carboxylic acids is 1. The molecule has 0 aliphatic heterocycles. The number of hydrogen-bond donors (Lipinski definition) is 2. The van der Waals surface area contributed by atoms with Crippen LogP contribution in [0.2, 0.25) is 5.02 Å². The Morgan fingerprint density at radius 1 is 1.45 bits per heavy atom. The number of nitrogens with one attached hydrogen (secondary N) is 1. The zero-order chi connectivity index (χ0) is 15.5. The van der Waals surface area contributed by atoms with E-state index in [9.17, 15) is 17.6 Å². The lowest BCUT2D eigenvalue weighted by Crippen LogP contribution is -2.44. The van der Waals surface area contributed by atoms with E-state index in [2.05, 4.69) is 4.72 Å². The van der Waals surface area contributed by atoms with Crippen molar-refractivity contribution in [1.29, 1.82) is 0 Å².